The van der Waals surface area contributed by atoms with Gasteiger partial charge in [0, 0.05) is 18.5 Å². The van der Waals surface area contributed by atoms with Gasteiger partial charge < -0.3 is 10.7 Å². The summed E-state index contributed by atoms with van der Waals surface area (Å²) in [5.41, 5.74) is 3.03. The number of aryl methyl sites for hydroxylation is 1. The maximum Gasteiger partial charge on any atom is 0.145 e. The molecular formula is C14H25N5. The Morgan fingerprint density at radius 3 is 2.74 bits per heavy atom. The van der Waals surface area contributed by atoms with Gasteiger partial charge in [-0.1, -0.05) is 27.2 Å². The number of nitrogens with two attached hydrogens (primary N) is 1. The van der Waals surface area contributed by atoms with Crippen LogP contribution in [0.15, 0.2) is 6.07 Å². The van der Waals surface area contributed by atoms with Crippen molar-refractivity contribution in [3.63, 3.8) is 0 Å². The molecule has 106 valence electrons. The number of anilines is 2. The summed E-state index contributed by atoms with van der Waals surface area (Å²) in [5.74, 6) is 7.81. The molecule has 0 aromatic carbocycles. The van der Waals surface area contributed by atoms with E-state index < -0.39 is 0 Å². The predicted octanol–water partition coefficient (Wildman–Crippen LogP) is 2.71. The molecule has 5 heteroatoms. The van der Waals surface area contributed by atoms with Gasteiger partial charge >= 0.3 is 0 Å². The van der Waals surface area contributed by atoms with Crippen LogP contribution in [0.25, 0.3) is 0 Å². The molecule has 0 saturated heterocycles. The van der Waals surface area contributed by atoms with E-state index in [1.54, 1.807) is 0 Å². The zero-order valence-electron chi connectivity index (χ0n) is 12.2. The van der Waals surface area contributed by atoms with Crippen molar-refractivity contribution in [1.82, 2.24) is 9.97 Å². The molecule has 1 unspecified atom stereocenters. The monoisotopic (exact) mass is 263 g/mol. The van der Waals surface area contributed by atoms with E-state index in [0.29, 0.717) is 17.3 Å². The van der Waals surface area contributed by atoms with Crippen molar-refractivity contribution in [2.45, 2.75) is 58.9 Å². The van der Waals surface area contributed by atoms with Gasteiger partial charge in [-0.2, -0.15) is 0 Å². The van der Waals surface area contributed by atoms with Gasteiger partial charge in [-0.15, -0.1) is 0 Å². The van der Waals surface area contributed by atoms with Gasteiger partial charge in [0.05, 0.1) is 0 Å². The predicted molar refractivity (Wildman–Crippen MR) is 78.9 cm³/mol. The number of nitrogens with one attached hydrogen (secondary N) is 2. The lowest BCUT2D eigenvalue weighted by atomic mass is 9.75. The lowest BCUT2D eigenvalue weighted by Gasteiger charge is -2.35. The topological polar surface area (TPSA) is 75.9 Å². The van der Waals surface area contributed by atoms with Crippen molar-refractivity contribution in [2.24, 2.45) is 11.3 Å². The second-order valence-electron chi connectivity index (χ2n) is 6.15. The highest BCUT2D eigenvalue weighted by Gasteiger charge is 2.28. The van der Waals surface area contributed by atoms with Gasteiger partial charge in [-0.3, -0.25) is 0 Å². The van der Waals surface area contributed by atoms with E-state index in [1.165, 1.54) is 25.7 Å². The minimum absolute atomic E-state index is 0.422. The fourth-order valence-corrected chi connectivity index (χ4v) is 2.83. The van der Waals surface area contributed by atoms with E-state index in [4.69, 9.17) is 5.84 Å². The summed E-state index contributed by atoms with van der Waals surface area (Å²) in [4.78, 5) is 8.83. The molecule has 0 bridgehead atoms. The molecule has 1 heterocycles. The fraction of sp³-hybridized carbons (Fsp3) is 0.714. The van der Waals surface area contributed by atoms with Gasteiger partial charge in [0.1, 0.15) is 17.5 Å². The first kappa shape index (κ1) is 14.1. The van der Waals surface area contributed by atoms with Crippen LogP contribution in [-0.4, -0.2) is 16.0 Å². The molecule has 1 aromatic heterocycles. The normalized spacial score (nSPS) is 22.0. The molecule has 1 aromatic rings. The van der Waals surface area contributed by atoms with E-state index in [9.17, 15) is 0 Å². The Kier molecular flexibility index (Phi) is 4.24. The second-order valence-corrected chi connectivity index (χ2v) is 6.15. The molecule has 0 spiro atoms. The van der Waals surface area contributed by atoms with Gasteiger partial charge in [-0.05, 0) is 24.7 Å². The molecular weight excluding hydrogens is 238 g/mol. The first-order chi connectivity index (χ1) is 9.02. The van der Waals surface area contributed by atoms with E-state index >= 15 is 0 Å². The quantitative estimate of drug-likeness (QED) is 0.575. The summed E-state index contributed by atoms with van der Waals surface area (Å²) in [5, 5.41) is 3.54. The molecule has 2 rings (SSSR count). The largest absolute Gasteiger partial charge is 0.367 e. The zero-order chi connectivity index (χ0) is 13.9. The number of hydrogen-bond donors (Lipinski definition) is 3. The first-order valence-electron chi connectivity index (χ1n) is 7.13. The zero-order valence-corrected chi connectivity index (χ0v) is 12.2. The molecule has 0 amide bonds. The first-order valence-corrected chi connectivity index (χ1v) is 7.13. The van der Waals surface area contributed by atoms with Crippen LogP contribution in [0, 0.1) is 5.41 Å². The highest BCUT2D eigenvalue weighted by molar-refractivity contribution is 5.47. The maximum atomic E-state index is 5.45. The Morgan fingerprint density at radius 1 is 1.37 bits per heavy atom. The van der Waals surface area contributed by atoms with Crippen LogP contribution in [0.4, 0.5) is 11.6 Å². The summed E-state index contributed by atoms with van der Waals surface area (Å²) in [7, 11) is 0. The van der Waals surface area contributed by atoms with Gasteiger partial charge in [-0.25, -0.2) is 15.8 Å². The lowest BCUT2D eigenvalue weighted by molar-refractivity contribution is 0.229. The average molecular weight is 263 g/mol. The molecule has 0 radical (unpaired) electrons. The van der Waals surface area contributed by atoms with Crippen LogP contribution >= 0.6 is 0 Å². The van der Waals surface area contributed by atoms with E-state index in [2.05, 4.69) is 34.6 Å². The Bertz CT molecular complexity index is 408. The van der Waals surface area contributed by atoms with Crippen LogP contribution < -0.4 is 16.6 Å². The second kappa shape index (κ2) is 5.74. The maximum absolute atomic E-state index is 5.45. The highest BCUT2D eigenvalue weighted by atomic mass is 15.3. The number of hydrogen-bond acceptors (Lipinski definition) is 5. The summed E-state index contributed by atoms with van der Waals surface area (Å²) in [6, 6.07) is 2.37. The number of rotatable bonds is 4. The Morgan fingerprint density at radius 2 is 2.11 bits per heavy atom. The number of aromatic nitrogens is 2. The molecule has 5 nitrogen and oxygen atoms in total. The Hall–Kier alpha value is -1.36. The third kappa shape index (κ3) is 3.80. The lowest BCUT2D eigenvalue weighted by Crippen LogP contribution is -2.32. The molecule has 1 saturated carbocycles. The van der Waals surface area contributed by atoms with Crippen LogP contribution in [-0.2, 0) is 6.42 Å². The summed E-state index contributed by atoms with van der Waals surface area (Å²) >= 11 is 0. The minimum Gasteiger partial charge on any atom is -0.367 e. The van der Waals surface area contributed by atoms with E-state index in [-0.39, 0.29) is 0 Å². The van der Waals surface area contributed by atoms with Crippen molar-refractivity contribution >= 4 is 11.6 Å². The molecule has 1 aliphatic rings. The van der Waals surface area contributed by atoms with Gasteiger partial charge in [0.15, 0.2) is 0 Å². The van der Waals surface area contributed by atoms with E-state index in [1.807, 2.05) is 13.0 Å². The van der Waals surface area contributed by atoms with E-state index in [0.717, 1.165) is 18.1 Å². The van der Waals surface area contributed by atoms with Crippen LogP contribution in [0.2, 0.25) is 0 Å². The minimum atomic E-state index is 0.422. The summed E-state index contributed by atoms with van der Waals surface area (Å²) in [6.45, 7) is 6.72. The SMILES string of the molecule is CCc1nc(NN)cc(NC2CCCC(C)(C)C2)n1. The van der Waals surface area contributed by atoms with Gasteiger partial charge in [0.2, 0.25) is 0 Å². The van der Waals surface area contributed by atoms with Crippen molar-refractivity contribution in [2.75, 3.05) is 10.7 Å². The molecule has 1 atom stereocenters. The number of hydrazine groups is 1. The highest BCUT2D eigenvalue weighted by Crippen LogP contribution is 2.36. The fourth-order valence-electron chi connectivity index (χ4n) is 2.83. The van der Waals surface area contributed by atoms with Crippen LogP contribution in [0.3, 0.4) is 0 Å². The molecule has 4 N–H and O–H groups in total. The standard InChI is InChI=1S/C14H25N5/c1-4-11-17-12(8-13(18-11)19-15)16-10-6-5-7-14(2,3)9-10/h8,10H,4-7,9,15H2,1-3H3,(H2,16,17,18,19). The third-order valence-electron chi connectivity index (χ3n) is 3.79. The number of nitrogen functional groups attached to an aromatic ring is 1. The smallest absolute Gasteiger partial charge is 0.145 e. The molecule has 1 aliphatic carbocycles. The van der Waals surface area contributed by atoms with Crippen molar-refractivity contribution < 1.29 is 0 Å². The average Bonchev–Trinajstić information content (AvgIpc) is 2.37. The summed E-state index contributed by atoms with van der Waals surface area (Å²) in [6.07, 6.45) is 5.79. The summed E-state index contributed by atoms with van der Waals surface area (Å²) < 4.78 is 0. The number of nitrogens with zero attached hydrogens (tertiary/aromatic N) is 2. The van der Waals surface area contributed by atoms with Crippen LogP contribution in [0.1, 0.15) is 52.3 Å². The third-order valence-corrected chi connectivity index (χ3v) is 3.79. The molecule has 1 fully saturated rings. The van der Waals surface area contributed by atoms with Crippen LogP contribution in [0.5, 0.6) is 0 Å². The van der Waals surface area contributed by atoms with Gasteiger partial charge in [0.25, 0.3) is 0 Å². The molecule has 19 heavy (non-hydrogen) atoms. The Balaban J connectivity index is 2.09. The molecule has 0 aliphatic heterocycles. The van der Waals surface area contributed by atoms with Crippen molar-refractivity contribution in [1.29, 1.82) is 0 Å². The van der Waals surface area contributed by atoms with Crippen molar-refractivity contribution in [3.8, 4) is 0 Å². The van der Waals surface area contributed by atoms with Crippen molar-refractivity contribution in [3.05, 3.63) is 11.9 Å². The Labute approximate surface area is 115 Å².